The maximum Gasteiger partial charge on any atom is 0.124 e. The van der Waals surface area contributed by atoms with E-state index in [1.165, 1.54) is 5.56 Å². The molecule has 0 unspecified atom stereocenters. The maximum absolute atomic E-state index is 4.73. The first-order valence-electron chi connectivity index (χ1n) is 7.86. The topological polar surface area (TPSA) is 58.5 Å². The Labute approximate surface area is 130 Å². The lowest BCUT2D eigenvalue weighted by molar-refractivity contribution is 0.396. The number of imidazole rings is 1. The zero-order valence-electron chi connectivity index (χ0n) is 13.4. The molecule has 2 heterocycles. The summed E-state index contributed by atoms with van der Waals surface area (Å²) in [5, 5.41) is 7.92. The molecule has 0 bridgehead atoms. The second-order valence-electron chi connectivity index (χ2n) is 5.95. The zero-order valence-corrected chi connectivity index (χ0v) is 13.4. The van der Waals surface area contributed by atoms with Gasteiger partial charge in [0.1, 0.15) is 5.82 Å². The van der Waals surface area contributed by atoms with E-state index in [4.69, 9.17) is 4.98 Å². The Kier molecular flexibility index (Phi) is 4.24. The van der Waals surface area contributed by atoms with Gasteiger partial charge < -0.3 is 10.3 Å². The zero-order chi connectivity index (χ0) is 15.5. The van der Waals surface area contributed by atoms with Crippen LogP contribution in [0.2, 0.25) is 0 Å². The molecule has 0 saturated heterocycles. The molecule has 0 amide bonds. The van der Waals surface area contributed by atoms with E-state index in [9.17, 15) is 0 Å². The Bertz CT molecular complexity index is 707. The van der Waals surface area contributed by atoms with E-state index in [2.05, 4.69) is 48.4 Å². The van der Waals surface area contributed by atoms with Gasteiger partial charge in [0.15, 0.2) is 0 Å². The van der Waals surface area contributed by atoms with Gasteiger partial charge in [-0.15, -0.1) is 0 Å². The molecule has 22 heavy (non-hydrogen) atoms. The van der Waals surface area contributed by atoms with Crippen LogP contribution in [0.25, 0.3) is 11.0 Å². The third-order valence-electron chi connectivity index (χ3n) is 3.91. The smallest absolute Gasteiger partial charge is 0.124 e. The predicted molar refractivity (Wildman–Crippen MR) is 88.4 cm³/mol. The largest absolute Gasteiger partial charge is 0.341 e. The van der Waals surface area contributed by atoms with Crippen LogP contribution in [0.4, 0.5) is 0 Å². The minimum Gasteiger partial charge on any atom is -0.341 e. The summed E-state index contributed by atoms with van der Waals surface area (Å²) < 4.78 is 1.95. The number of aryl methyl sites for hydroxylation is 1. The monoisotopic (exact) mass is 297 g/mol. The molecule has 2 aromatic heterocycles. The molecule has 3 aromatic rings. The van der Waals surface area contributed by atoms with Crippen molar-refractivity contribution in [3.63, 3.8) is 0 Å². The van der Waals surface area contributed by atoms with Gasteiger partial charge in [0.25, 0.3) is 0 Å². The van der Waals surface area contributed by atoms with E-state index in [0.717, 1.165) is 29.9 Å². The van der Waals surface area contributed by atoms with Gasteiger partial charge in [0.05, 0.1) is 23.3 Å². The lowest BCUT2D eigenvalue weighted by atomic mass is 10.0. The van der Waals surface area contributed by atoms with Crippen molar-refractivity contribution in [3.05, 3.63) is 48.0 Å². The molecule has 5 nitrogen and oxygen atoms in total. The molecule has 0 fully saturated rings. The van der Waals surface area contributed by atoms with Gasteiger partial charge in [-0.05, 0) is 25.0 Å². The van der Waals surface area contributed by atoms with Crippen molar-refractivity contribution < 1.29 is 0 Å². The number of aromatic nitrogens is 4. The van der Waals surface area contributed by atoms with Crippen molar-refractivity contribution in [3.8, 4) is 0 Å². The first-order valence-corrected chi connectivity index (χ1v) is 7.86. The minimum absolute atomic E-state index is 0.192. The summed E-state index contributed by atoms with van der Waals surface area (Å²) in [5.41, 5.74) is 3.30. The molecule has 2 N–H and O–H groups in total. The Balaban J connectivity index is 1.77. The molecular weight excluding hydrogens is 274 g/mol. The number of nitrogens with zero attached hydrogens (tertiary/aromatic N) is 3. The van der Waals surface area contributed by atoms with Crippen LogP contribution in [-0.2, 0) is 13.1 Å². The lowest BCUT2D eigenvalue weighted by Crippen LogP contribution is -2.26. The van der Waals surface area contributed by atoms with Gasteiger partial charge in [-0.1, -0.05) is 26.0 Å². The number of H-pyrrole nitrogens is 1. The Morgan fingerprint density at radius 1 is 1.27 bits per heavy atom. The number of rotatable bonds is 6. The number of para-hydroxylation sites is 2. The quantitative estimate of drug-likeness (QED) is 0.734. The molecule has 0 aliphatic carbocycles. The normalized spacial score (nSPS) is 13.1. The maximum atomic E-state index is 4.73. The highest BCUT2D eigenvalue weighted by atomic mass is 15.3. The van der Waals surface area contributed by atoms with Crippen LogP contribution >= 0.6 is 0 Å². The Hall–Kier alpha value is -2.14. The van der Waals surface area contributed by atoms with Crippen LogP contribution in [-0.4, -0.2) is 19.7 Å². The summed E-state index contributed by atoms with van der Waals surface area (Å²) >= 11 is 0. The molecule has 1 aromatic carbocycles. The summed E-state index contributed by atoms with van der Waals surface area (Å²) in [6.45, 7) is 8.20. The van der Waals surface area contributed by atoms with Crippen molar-refractivity contribution in [1.29, 1.82) is 0 Å². The number of hydrogen-bond acceptors (Lipinski definition) is 3. The van der Waals surface area contributed by atoms with E-state index in [1.807, 2.05) is 29.1 Å². The van der Waals surface area contributed by atoms with Crippen molar-refractivity contribution in [2.45, 2.75) is 39.9 Å². The van der Waals surface area contributed by atoms with Gasteiger partial charge in [-0.2, -0.15) is 5.10 Å². The standard InChI is InChI=1S/C17H23N5/c1-4-22-11-13(10-19-22)9-18-16(12(2)3)17-20-14-7-5-6-8-15(14)21-17/h5-8,10-12,16,18H,4,9H2,1-3H3,(H,20,21)/t16-/m0/s1. The molecule has 0 aliphatic heterocycles. The van der Waals surface area contributed by atoms with Crippen LogP contribution in [0.15, 0.2) is 36.7 Å². The first kappa shape index (κ1) is 14.8. The second-order valence-corrected chi connectivity index (χ2v) is 5.95. The molecule has 0 spiro atoms. The van der Waals surface area contributed by atoms with E-state index in [0.29, 0.717) is 5.92 Å². The fourth-order valence-electron chi connectivity index (χ4n) is 2.67. The number of nitrogens with one attached hydrogen (secondary N) is 2. The van der Waals surface area contributed by atoms with Crippen molar-refractivity contribution >= 4 is 11.0 Å². The average molecular weight is 297 g/mol. The molecule has 1 atom stereocenters. The van der Waals surface area contributed by atoms with Gasteiger partial charge in [0.2, 0.25) is 0 Å². The SMILES string of the molecule is CCn1cc(CN[C@H](c2nc3ccccc3[nH]2)C(C)C)cn1. The van der Waals surface area contributed by atoms with Crippen LogP contribution in [0, 0.1) is 5.92 Å². The fraction of sp³-hybridized carbons (Fsp3) is 0.412. The molecule has 116 valence electrons. The summed E-state index contributed by atoms with van der Waals surface area (Å²) in [7, 11) is 0. The molecule has 0 aliphatic rings. The van der Waals surface area contributed by atoms with Gasteiger partial charge >= 0.3 is 0 Å². The number of aromatic amines is 1. The molecule has 0 saturated carbocycles. The summed E-state index contributed by atoms with van der Waals surface area (Å²) in [6.07, 6.45) is 4.01. The van der Waals surface area contributed by atoms with Crippen LogP contribution in [0.5, 0.6) is 0 Å². The average Bonchev–Trinajstić information content (AvgIpc) is 3.13. The number of benzene rings is 1. The molecule has 0 radical (unpaired) electrons. The summed E-state index contributed by atoms with van der Waals surface area (Å²) in [5.74, 6) is 1.45. The Morgan fingerprint density at radius 2 is 2.09 bits per heavy atom. The molecular formula is C17H23N5. The fourth-order valence-corrected chi connectivity index (χ4v) is 2.67. The first-order chi connectivity index (χ1) is 10.7. The highest BCUT2D eigenvalue weighted by Crippen LogP contribution is 2.22. The third kappa shape index (κ3) is 3.04. The highest BCUT2D eigenvalue weighted by molar-refractivity contribution is 5.74. The van der Waals surface area contributed by atoms with Crippen LogP contribution < -0.4 is 5.32 Å². The van der Waals surface area contributed by atoms with Crippen molar-refractivity contribution in [2.24, 2.45) is 5.92 Å². The van der Waals surface area contributed by atoms with Crippen LogP contribution in [0.1, 0.15) is 38.2 Å². The summed E-state index contributed by atoms with van der Waals surface area (Å²) in [4.78, 5) is 8.16. The highest BCUT2D eigenvalue weighted by Gasteiger charge is 2.19. The molecule has 5 heteroatoms. The van der Waals surface area contributed by atoms with E-state index < -0.39 is 0 Å². The predicted octanol–water partition coefficient (Wildman–Crippen LogP) is 3.27. The van der Waals surface area contributed by atoms with E-state index >= 15 is 0 Å². The van der Waals surface area contributed by atoms with Crippen LogP contribution in [0.3, 0.4) is 0 Å². The summed E-state index contributed by atoms with van der Waals surface area (Å²) in [6, 6.07) is 8.34. The van der Waals surface area contributed by atoms with E-state index in [-0.39, 0.29) is 6.04 Å². The van der Waals surface area contributed by atoms with Gasteiger partial charge in [0, 0.05) is 24.8 Å². The molecule has 3 rings (SSSR count). The Morgan fingerprint density at radius 3 is 2.77 bits per heavy atom. The van der Waals surface area contributed by atoms with E-state index in [1.54, 1.807) is 0 Å². The lowest BCUT2D eigenvalue weighted by Gasteiger charge is -2.20. The van der Waals surface area contributed by atoms with Crippen molar-refractivity contribution in [1.82, 2.24) is 25.1 Å². The third-order valence-corrected chi connectivity index (χ3v) is 3.91. The van der Waals surface area contributed by atoms with Gasteiger partial charge in [-0.3, -0.25) is 4.68 Å². The van der Waals surface area contributed by atoms with Gasteiger partial charge in [-0.25, -0.2) is 4.98 Å². The minimum atomic E-state index is 0.192. The number of fused-ring (bicyclic) bond motifs is 1. The second kappa shape index (κ2) is 6.32. The number of hydrogen-bond donors (Lipinski definition) is 2. The van der Waals surface area contributed by atoms with Crippen molar-refractivity contribution in [2.75, 3.05) is 0 Å².